The van der Waals surface area contributed by atoms with Crippen molar-refractivity contribution >= 4 is 23.2 Å². The number of nitrogens with zero attached hydrogens (tertiary/aromatic N) is 2. The van der Waals surface area contributed by atoms with Crippen molar-refractivity contribution in [3.05, 3.63) is 35.0 Å². The molecule has 1 aromatic carbocycles. The number of aliphatic hydroxyl groups excluding tert-OH is 1. The number of nitrogens with one attached hydrogen (secondary N) is 1. The minimum atomic E-state index is -0.755. The summed E-state index contributed by atoms with van der Waals surface area (Å²) in [5.74, 6) is 0.154. The molecule has 2 aromatic rings. The second-order valence-electron chi connectivity index (χ2n) is 9.64. The van der Waals surface area contributed by atoms with Gasteiger partial charge in [-0.25, -0.2) is 4.98 Å². The van der Waals surface area contributed by atoms with Crippen LogP contribution in [0.1, 0.15) is 51.4 Å². The Hall–Kier alpha value is -2.49. The monoisotopic (exact) mass is 458 g/mol. The number of amides is 2. The van der Waals surface area contributed by atoms with Crippen LogP contribution in [0.25, 0.3) is 10.4 Å². The standard InChI is InChI=1S/C23H30N4O4S/c1-12(13-5-6-15-18(7-13)31-10-16-19(15)32-11-25-16)26-21(29)17-8-14(28)9-27(17)22(30)20(24)23(2,3)4/h5-7,11-12,14,17,20,28H,8-10,24H2,1-4H3,(H,26,29)/t12-,14+,17-,20+/m0/s1. The SMILES string of the molecule is C[C@H](NC(=O)[C@@H]1C[C@@H](O)CN1C(=O)[C@@H](N)C(C)(C)C)c1ccc2c(c1)OCc1ncsc1-2. The minimum Gasteiger partial charge on any atom is -0.487 e. The summed E-state index contributed by atoms with van der Waals surface area (Å²) in [4.78, 5) is 32.9. The van der Waals surface area contributed by atoms with Crippen molar-refractivity contribution < 1.29 is 19.4 Å². The van der Waals surface area contributed by atoms with E-state index in [0.29, 0.717) is 6.61 Å². The summed E-state index contributed by atoms with van der Waals surface area (Å²) in [6.07, 6.45) is -0.550. The van der Waals surface area contributed by atoms with E-state index in [1.807, 2.05) is 51.4 Å². The summed E-state index contributed by atoms with van der Waals surface area (Å²) >= 11 is 1.58. The number of hydrogen-bond donors (Lipinski definition) is 3. The molecule has 0 saturated carbocycles. The summed E-state index contributed by atoms with van der Waals surface area (Å²) in [5, 5.41) is 13.2. The highest BCUT2D eigenvalue weighted by Gasteiger charge is 2.43. The lowest BCUT2D eigenvalue weighted by molar-refractivity contribution is -0.141. The lowest BCUT2D eigenvalue weighted by Gasteiger charge is -2.32. The van der Waals surface area contributed by atoms with Crippen molar-refractivity contribution in [1.29, 1.82) is 0 Å². The highest BCUT2D eigenvalue weighted by Crippen LogP contribution is 2.40. The first kappa shape index (κ1) is 22.7. The molecule has 4 rings (SSSR count). The highest BCUT2D eigenvalue weighted by atomic mass is 32.1. The lowest BCUT2D eigenvalue weighted by atomic mass is 9.86. The Labute approximate surface area is 191 Å². The zero-order chi connectivity index (χ0) is 23.2. The van der Waals surface area contributed by atoms with Gasteiger partial charge < -0.3 is 25.8 Å². The smallest absolute Gasteiger partial charge is 0.243 e. The Morgan fingerprint density at radius 2 is 2.12 bits per heavy atom. The average molecular weight is 459 g/mol. The number of β-amino-alcohol motifs (C(OH)–C–C–N with tert-alkyl or cyclic N) is 1. The average Bonchev–Trinajstić information content (AvgIpc) is 3.38. The summed E-state index contributed by atoms with van der Waals surface area (Å²) in [7, 11) is 0. The van der Waals surface area contributed by atoms with Crippen LogP contribution in [-0.2, 0) is 16.2 Å². The molecule has 9 heteroatoms. The molecule has 0 unspecified atom stereocenters. The third-order valence-corrected chi connectivity index (χ3v) is 7.08. The molecule has 4 N–H and O–H groups in total. The van der Waals surface area contributed by atoms with Crippen LogP contribution in [0.15, 0.2) is 23.7 Å². The molecule has 0 spiro atoms. The number of aromatic nitrogens is 1. The second-order valence-corrected chi connectivity index (χ2v) is 10.5. The number of aliphatic hydroxyl groups is 1. The Morgan fingerprint density at radius 1 is 1.38 bits per heavy atom. The molecule has 1 fully saturated rings. The van der Waals surface area contributed by atoms with E-state index in [0.717, 1.165) is 27.4 Å². The number of nitrogens with two attached hydrogens (primary N) is 1. The first-order valence-electron chi connectivity index (χ1n) is 10.8. The fourth-order valence-corrected chi connectivity index (χ4v) is 4.93. The van der Waals surface area contributed by atoms with E-state index in [2.05, 4.69) is 10.3 Å². The van der Waals surface area contributed by atoms with E-state index < -0.39 is 23.6 Å². The molecule has 0 aliphatic carbocycles. The Morgan fingerprint density at radius 3 is 2.84 bits per heavy atom. The summed E-state index contributed by atoms with van der Waals surface area (Å²) in [6.45, 7) is 8.07. The molecule has 2 amide bonds. The van der Waals surface area contributed by atoms with E-state index in [1.165, 1.54) is 4.90 Å². The number of thiazole rings is 1. The van der Waals surface area contributed by atoms with Crippen LogP contribution in [0, 0.1) is 5.41 Å². The molecule has 1 saturated heterocycles. The second kappa shape index (κ2) is 8.46. The van der Waals surface area contributed by atoms with Gasteiger partial charge in [-0.1, -0.05) is 26.8 Å². The minimum absolute atomic E-state index is 0.110. The van der Waals surface area contributed by atoms with Crippen molar-refractivity contribution in [3.8, 4) is 16.2 Å². The summed E-state index contributed by atoms with van der Waals surface area (Å²) in [6, 6.07) is 4.08. The van der Waals surface area contributed by atoms with Gasteiger partial charge in [-0.15, -0.1) is 11.3 Å². The number of hydrogen-bond acceptors (Lipinski definition) is 7. The van der Waals surface area contributed by atoms with Crippen molar-refractivity contribution in [1.82, 2.24) is 15.2 Å². The fourth-order valence-electron chi connectivity index (χ4n) is 4.10. The van der Waals surface area contributed by atoms with Crippen LogP contribution in [-0.4, -0.2) is 51.5 Å². The Kier molecular flexibility index (Phi) is 6.00. The van der Waals surface area contributed by atoms with Gasteiger partial charge >= 0.3 is 0 Å². The van der Waals surface area contributed by atoms with Gasteiger partial charge in [0.25, 0.3) is 0 Å². The topological polar surface area (TPSA) is 118 Å². The first-order valence-corrected chi connectivity index (χ1v) is 11.7. The molecular formula is C23H30N4O4S. The van der Waals surface area contributed by atoms with Crippen LogP contribution in [0.2, 0.25) is 0 Å². The van der Waals surface area contributed by atoms with Crippen molar-refractivity contribution in [2.75, 3.05) is 6.54 Å². The largest absolute Gasteiger partial charge is 0.487 e. The van der Waals surface area contributed by atoms with Crippen molar-refractivity contribution in [2.24, 2.45) is 11.1 Å². The van der Waals surface area contributed by atoms with Crippen molar-refractivity contribution in [3.63, 3.8) is 0 Å². The quantitative estimate of drug-likeness (QED) is 0.647. The van der Waals surface area contributed by atoms with Crippen LogP contribution in [0.4, 0.5) is 0 Å². The third-order valence-electron chi connectivity index (χ3n) is 6.18. The number of carbonyl (C=O) groups excluding carboxylic acids is 2. The number of benzene rings is 1. The van der Waals surface area contributed by atoms with Gasteiger partial charge in [-0.2, -0.15) is 0 Å². The molecule has 4 atom stereocenters. The normalized spacial score (nSPS) is 21.9. The molecule has 0 bridgehead atoms. The van der Waals surface area contributed by atoms with Crippen LogP contribution >= 0.6 is 11.3 Å². The lowest BCUT2D eigenvalue weighted by Crippen LogP contribution is -2.55. The predicted molar refractivity (Wildman–Crippen MR) is 122 cm³/mol. The van der Waals surface area contributed by atoms with Crippen LogP contribution in [0.5, 0.6) is 5.75 Å². The molecule has 1 aromatic heterocycles. The Bertz CT molecular complexity index is 1030. The van der Waals surface area contributed by atoms with E-state index in [1.54, 1.807) is 11.3 Å². The van der Waals surface area contributed by atoms with E-state index in [9.17, 15) is 14.7 Å². The van der Waals surface area contributed by atoms with Crippen LogP contribution in [0.3, 0.4) is 0 Å². The van der Waals surface area contributed by atoms with Gasteiger partial charge in [0.2, 0.25) is 11.8 Å². The molecule has 2 aliphatic heterocycles. The molecule has 0 radical (unpaired) electrons. The van der Waals surface area contributed by atoms with Gasteiger partial charge in [-0.05, 0) is 30.0 Å². The summed E-state index contributed by atoms with van der Waals surface area (Å²) < 4.78 is 5.86. The number of fused-ring (bicyclic) bond motifs is 3. The molecule has 172 valence electrons. The molecule has 2 aliphatic rings. The molecule has 8 nitrogen and oxygen atoms in total. The van der Waals surface area contributed by atoms with Gasteiger partial charge in [0.05, 0.1) is 34.3 Å². The molecule has 3 heterocycles. The fraction of sp³-hybridized carbons (Fsp3) is 0.522. The van der Waals surface area contributed by atoms with Gasteiger partial charge in [0, 0.05) is 18.5 Å². The van der Waals surface area contributed by atoms with Crippen molar-refractivity contribution in [2.45, 2.75) is 65.0 Å². The van der Waals surface area contributed by atoms with Gasteiger partial charge in [0.1, 0.15) is 18.4 Å². The highest BCUT2D eigenvalue weighted by molar-refractivity contribution is 7.13. The number of ether oxygens (including phenoxy) is 1. The maximum atomic E-state index is 13.1. The molecule has 32 heavy (non-hydrogen) atoms. The van der Waals surface area contributed by atoms with E-state index in [4.69, 9.17) is 10.5 Å². The zero-order valence-corrected chi connectivity index (χ0v) is 19.6. The first-order chi connectivity index (χ1) is 15.1. The third kappa shape index (κ3) is 4.24. The summed E-state index contributed by atoms with van der Waals surface area (Å²) in [5.41, 5.74) is 10.4. The zero-order valence-electron chi connectivity index (χ0n) is 18.8. The van der Waals surface area contributed by atoms with Gasteiger partial charge in [-0.3, -0.25) is 9.59 Å². The number of rotatable bonds is 4. The number of likely N-dealkylation sites (tertiary alicyclic amines) is 1. The van der Waals surface area contributed by atoms with E-state index in [-0.39, 0.29) is 30.8 Å². The maximum absolute atomic E-state index is 13.1. The molecular weight excluding hydrogens is 428 g/mol. The Balaban J connectivity index is 1.48. The maximum Gasteiger partial charge on any atom is 0.243 e. The van der Waals surface area contributed by atoms with Crippen LogP contribution < -0.4 is 15.8 Å². The van der Waals surface area contributed by atoms with E-state index >= 15 is 0 Å². The predicted octanol–water partition coefficient (Wildman–Crippen LogP) is 2.21. The number of carbonyl (C=O) groups is 2. The van der Waals surface area contributed by atoms with Gasteiger partial charge in [0.15, 0.2) is 0 Å².